The first-order chi connectivity index (χ1) is 15.7. The third kappa shape index (κ3) is 6.04. The number of hydrogen-bond donors (Lipinski definition) is 1. The lowest BCUT2D eigenvalue weighted by Gasteiger charge is -2.26. The van der Waals surface area contributed by atoms with Crippen LogP contribution in [-0.4, -0.2) is 45.5 Å². The first-order valence-electron chi connectivity index (χ1n) is 11.0. The Bertz CT molecular complexity index is 1010. The zero-order valence-corrected chi connectivity index (χ0v) is 18.0. The molecule has 1 N–H and O–H groups in total. The number of carbonyl (C=O) groups is 2. The normalized spacial score (nSPS) is 15.4. The maximum absolute atomic E-state index is 13.4. The zero-order valence-electron chi connectivity index (χ0n) is 18.0. The highest BCUT2D eigenvalue weighted by atomic mass is 16.5. The van der Waals surface area contributed by atoms with Gasteiger partial charge in [0.2, 0.25) is 5.91 Å². The van der Waals surface area contributed by atoms with Crippen LogP contribution in [0.3, 0.4) is 0 Å². The van der Waals surface area contributed by atoms with Gasteiger partial charge in [0.05, 0.1) is 12.4 Å². The Morgan fingerprint density at radius 2 is 2.03 bits per heavy atom. The molecule has 0 radical (unpaired) electrons. The number of rotatable bonds is 9. The minimum atomic E-state index is -0.108. The summed E-state index contributed by atoms with van der Waals surface area (Å²) in [5.41, 5.74) is 2.23. The number of amides is 2. The van der Waals surface area contributed by atoms with Crippen molar-refractivity contribution in [3.05, 3.63) is 84.4 Å². The number of benzene rings is 2. The van der Waals surface area contributed by atoms with E-state index >= 15 is 0 Å². The van der Waals surface area contributed by atoms with Crippen LogP contribution in [0.4, 0.5) is 5.69 Å². The van der Waals surface area contributed by atoms with Crippen molar-refractivity contribution in [1.82, 2.24) is 14.5 Å². The predicted molar refractivity (Wildman–Crippen MR) is 122 cm³/mol. The molecule has 0 saturated carbocycles. The highest BCUT2D eigenvalue weighted by molar-refractivity contribution is 5.97. The van der Waals surface area contributed by atoms with E-state index < -0.39 is 0 Å². The first kappa shape index (κ1) is 21.8. The van der Waals surface area contributed by atoms with Crippen molar-refractivity contribution in [3.8, 4) is 0 Å². The molecule has 32 heavy (non-hydrogen) atoms. The van der Waals surface area contributed by atoms with Gasteiger partial charge in [0.15, 0.2) is 0 Å². The number of nitrogens with one attached hydrogen (secondary N) is 1. The van der Waals surface area contributed by atoms with Crippen molar-refractivity contribution < 1.29 is 14.3 Å². The summed E-state index contributed by atoms with van der Waals surface area (Å²) in [6, 6.07) is 17.1. The van der Waals surface area contributed by atoms with Gasteiger partial charge in [-0.2, -0.15) is 0 Å². The molecule has 2 amide bonds. The van der Waals surface area contributed by atoms with Crippen molar-refractivity contribution in [1.29, 1.82) is 0 Å². The lowest BCUT2D eigenvalue weighted by molar-refractivity contribution is -0.116. The molecule has 3 aromatic rings. The zero-order chi connectivity index (χ0) is 22.2. The molecule has 1 atom stereocenters. The third-order valence-electron chi connectivity index (χ3n) is 5.50. The van der Waals surface area contributed by atoms with Gasteiger partial charge in [-0.05, 0) is 36.6 Å². The van der Waals surface area contributed by atoms with E-state index in [2.05, 4.69) is 10.3 Å². The van der Waals surface area contributed by atoms with Crippen molar-refractivity contribution >= 4 is 17.5 Å². The van der Waals surface area contributed by atoms with Crippen LogP contribution in [0, 0.1) is 0 Å². The first-order valence-corrected chi connectivity index (χ1v) is 11.0. The molecule has 0 aliphatic carbocycles. The Morgan fingerprint density at radius 1 is 1.16 bits per heavy atom. The lowest BCUT2D eigenvalue weighted by Crippen LogP contribution is -2.37. The summed E-state index contributed by atoms with van der Waals surface area (Å²) < 4.78 is 7.64. The van der Waals surface area contributed by atoms with Crippen LogP contribution in [0.2, 0.25) is 0 Å². The van der Waals surface area contributed by atoms with Crippen LogP contribution in [0.5, 0.6) is 0 Å². The molecule has 1 aromatic heterocycles. The summed E-state index contributed by atoms with van der Waals surface area (Å²) in [7, 11) is 0. The molecule has 7 heteroatoms. The molecular formula is C25H28N4O3. The second-order valence-corrected chi connectivity index (χ2v) is 7.99. The Labute approximate surface area is 188 Å². The smallest absolute Gasteiger partial charge is 0.254 e. The molecule has 1 aliphatic heterocycles. The lowest BCUT2D eigenvalue weighted by atomic mass is 10.1. The Kier molecular flexibility index (Phi) is 7.30. The Morgan fingerprint density at radius 3 is 2.78 bits per heavy atom. The number of aromatic nitrogens is 2. The predicted octanol–water partition coefficient (Wildman–Crippen LogP) is 3.73. The van der Waals surface area contributed by atoms with E-state index in [4.69, 9.17) is 4.74 Å². The molecule has 1 saturated heterocycles. The van der Waals surface area contributed by atoms with E-state index in [1.54, 1.807) is 36.8 Å². The van der Waals surface area contributed by atoms with Crippen LogP contribution in [0.15, 0.2) is 73.3 Å². The van der Waals surface area contributed by atoms with Crippen LogP contribution in [0.25, 0.3) is 0 Å². The van der Waals surface area contributed by atoms with Crippen LogP contribution in [-0.2, 0) is 22.6 Å². The summed E-state index contributed by atoms with van der Waals surface area (Å²) in [5, 5.41) is 2.89. The average Bonchev–Trinajstić information content (AvgIpc) is 3.52. The van der Waals surface area contributed by atoms with Gasteiger partial charge in [-0.3, -0.25) is 9.59 Å². The molecule has 2 heterocycles. The Balaban J connectivity index is 1.43. The van der Waals surface area contributed by atoms with Gasteiger partial charge >= 0.3 is 0 Å². The van der Waals surface area contributed by atoms with Gasteiger partial charge in [0.1, 0.15) is 0 Å². The molecule has 0 bridgehead atoms. The molecule has 0 unspecified atom stereocenters. The summed E-state index contributed by atoms with van der Waals surface area (Å²) in [6.07, 6.45) is 7.57. The van der Waals surface area contributed by atoms with Gasteiger partial charge in [0.25, 0.3) is 5.91 Å². The van der Waals surface area contributed by atoms with E-state index in [1.807, 2.05) is 46.0 Å². The second kappa shape index (κ2) is 10.7. The van der Waals surface area contributed by atoms with E-state index in [9.17, 15) is 9.59 Å². The fourth-order valence-corrected chi connectivity index (χ4v) is 3.84. The van der Waals surface area contributed by atoms with E-state index in [-0.39, 0.29) is 17.9 Å². The standard InChI is InChI=1S/C25H28N4O3/c30-24(11-13-28-14-12-26-19-28)27-22-9-4-8-21(16-22)25(31)29(18-23-10-5-15-32-23)17-20-6-2-1-3-7-20/h1-4,6-9,12,14,16,19,23H,5,10-11,13,15,17-18H2,(H,27,30)/t23-/m0/s1. The molecule has 166 valence electrons. The molecular weight excluding hydrogens is 404 g/mol. The summed E-state index contributed by atoms with van der Waals surface area (Å²) in [4.78, 5) is 31.6. The van der Waals surface area contributed by atoms with Crippen LogP contribution in [0.1, 0.15) is 35.2 Å². The number of nitrogens with zero attached hydrogens (tertiary/aromatic N) is 3. The van der Waals surface area contributed by atoms with E-state index in [1.165, 1.54) is 0 Å². The number of hydrogen-bond acceptors (Lipinski definition) is 4. The van der Waals surface area contributed by atoms with Gasteiger partial charge < -0.3 is 19.5 Å². The molecule has 1 aliphatic rings. The highest BCUT2D eigenvalue weighted by Gasteiger charge is 2.24. The van der Waals surface area contributed by atoms with Crippen molar-refractivity contribution in [3.63, 3.8) is 0 Å². The molecule has 7 nitrogen and oxygen atoms in total. The third-order valence-corrected chi connectivity index (χ3v) is 5.50. The van der Waals surface area contributed by atoms with E-state index in [0.29, 0.717) is 37.3 Å². The second-order valence-electron chi connectivity index (χ2n) is 7.99. The molecule has 2 aromatic carbocycles. The summed E-state index contributed by atoms with van der Waals surface area (Å²) in [6.45, 7) is 2.37. The van der Waals surface area contributed by atoms with Gasteiger partial charge in [-0.15, -0.1) is 0 Å². The van der Waals surface area contributed by atoms with Crippen molar-refractivity contribution in [2.45, 2.75) is 38.5 Å². The number of aryl methyl sites for hydroxylation is 1. The SMILES string of the molecule is O=C(CCn1ccnc1)Nc1cccc(C(=O)N(Cc2ccccc2)C[C@@H]2CCCO2)c1. The quantitative estimate of drug-likeness (QED) is 0.559. The fourth-order valence-electron chi connectivity index (χ4n) is 3.84. The minimum Gasteiger partial charge on any atom is -0.376 e. The summed E-state index contributed by atoms with van der Waals surface area (Å²) >= 11 is 0. The maximum atomic E-state index is 13.4. The van der Waals surface area contributed by atoms with Gasteiger partial charge in [0, 0.05) is 56.3 Å². The number of imidazole rings is 1. The van der Waals surface area contributed by atoms with Gasteiger partial charge in [-0.25, -0.2) is 4.98 Å². The fraction of sp³-hybridized carbons (Fsp3) is 0.320. The summed E-state index contributed by atoms with van der Waals surface area (Å²) in [5.74, 6) is -0.178. The van der Waals surface area contributed by atoms with Crippen molar-refractivity contribution in [2.24, 2.45) is 0 Å². The minimum absolute atomic E-state index is 0.0636. The number of carbonyl (C=O) groups excluding carboxylic acids is 2. The molecule has 4 rings (SSSR count). The number of ether oxygens (including phenoxy) is 1. The van der Waals surface area contributed by atoms with Gasteiger partial charge in [-0.1, -0.05) is 36.4 Å². The molecule has 1 fully saturated rings. The number of anilines is 1. The highest BCUT2D eigenvalue weighted by Crippen LogP contribution is 2.19. The van der Waals surface area contributed by atoms with Crippen molar-refractivity contribution in [2.75, 3.05) is 18.5 Å². The topological polar surface area (TPSA) is 76.5 Å². The Hall–Kier alpha value is -3.45. The monoisotopic (exact) mass is 432 g/mol. The maximum Gasteiger partial charge on any atom is 0.254 e. The van der Waals surface area contributed by atoms with Crippen LogP contribution >= 0.6 is 0 Å². The van der Waals surface area contributed by atoms with E-state index in [0.717, 1.165) is 25.0 Å². The van der Waals surface area contributed by atoms with Crippen LogP contribution < -0.4 is 5.32 Å². The molecule has 0 spiro atoms. The largest absolute Gasteiger partial charge is 0.376 e. The average molecular weight is 433 g/mol.